The fraction of sp³-hybridized carbons (Fsp3) is 0.455. The summed E-state index contributed by atoms with van der Waals surface area (Å²) in [5.41, 5.74) is 9.67. The van der Waals surface area contributed by atoms with Crippen molar-refractivity contribution in [2.75, 3.05) is 45.7 Å². The predicted octanol–water partition coefficient (Wildman–Crippen LogP) is 8.32. The lowest BCUT2D eigenvalue weighted by molar-refractivity contribution is 0.0282. The standard InChI is InChI=1S/C22H27BrN6O3.C13H10BrClN4O.C9H18N2O2/c1-22(2,3)32-21(30)28-10-9-15(12-28)26-18-17-19(25-13-24-18)29(20(23)27-17)11-14-5-7-16(31-4)8-6-14;1-20-9-4-2-8(3-5-9)6-19-12-10(18-13(19)14)11(15)16-7-17-12;1-9(2,3)13-8(12)11-5-4-7(10)6-11/h5-8,13,15H,9-12H2,1-4H3,(H,24,25,26);2-5,7H,6H2,1H3;7H,4-6,10H2,1-3H3. The summed E-state index contributed by atoms with van der Waals surface area (Å²) in [4.78, 5) is 53.2. The summed E-state index contributed by atoms with van der Waals surface area (Å²) in [5, 5.41) is 3.79. The van der Waals surface area contributed by atoms with Crippen LogP contribution in [-0.4, -0.2) is 125 Å². The molecule has 0 saturated carbocycles. The average molecular weight is 1040 g/mol. The van der Waals surface area contributed by atoms with Gasteiger partial charge in [0.2, 0.25) is 0 Å². The monoisotopic (exact) mass is 1040 g/mol. The van der Waals surface area contributed by atoms with Crippen LogP contribution >= 0.6 is 43.5 Å². The number of hydrogen-bond donors (Lipinski definition) is 2. The Kier molecular flexibility index (Phi) is 16.1. The van der Waals surface area contributed by atoms with Crippen molar-refractivity contribution in [3.05, 3.63) is 86.9 Å². The van der Waals surface area contributed by atoms with Crippen LogP contribution in [-0.2, 0) is 22.6 Å². The number of carbonyl (C=O) groups excluding carboxylic acids is 2. The van der Waals surface area contributed by atoms with Crippen LogP contribution in [0.5, 0.6) is 11.5 Å². The molecule has 2 unspecified atom stereocenters. The largest absolute Gasteiger partial charge is 0.497 e. The minimum atomic E-state index is -0.510. The van der Waals surface area contributed by atoms with E-state index in [4.69, 9.17) is 36.3 Å². The summed E-state index contributed by atoms with van der Waals surface area (Å²) in [5.74, 6) is 2.29. The maximum Gasteiger partial charge on any atom is 0.410 e. The van der Waals surface area contributed by atoms with Crippen molar-refractivity contribution in [1.82, 2.24) is 48.8 Å². The molecule has 2 saturated heterocycles. The molecule has 8 rings (SSSR count). The Morgan fingerprint density at radius 1 is 0.708 bits per heavy atom. The molecular formula is C44H55Br2ClN12O6. The zero-order chi connectivity index (χ0) is 47.1. The van der Waals surface area contributed by atoms with E-state index in [0.29, 0.717) is 69.8 Å². The molecule has 65 heavy (non-hydrogen) atoms. The molecule has 3 N–H and O–H groups in total. The topological polar surface area (TPSA) is 203 Å². The highest BCUT2D eigenvalue weighted by atomic mass is 79.9. The van der Waals surface area contributed by atoms with Crippen LogP contribution in [0.25, 0.3) is 22.3 Å². The van der Waals surface area contributed by atoms with Crippen LogP contribution in [0.4, 0.5) is 15.4 Å². The molecule has 2 aliphatic rings. The first-order valence-electron chi connectivity index (χ1n) is 20.9. The third kappa shape index (κ3) is 13.4. The summed E-state index contributed by atoms with van der Waals surface area (Å²) in [6.45, 7) is 15.0. The molecule has 0 spiro atoms. The number of ether oxygens (including phenoxy) is 4. The molecule has 2 fully saturated rings. The van der Waals surface area contributed by atoms with E-state index in [1.165, 1.54) is 12.7 Å². The van der Waals surface area contributed by atoms with Crippen molar-refractivity contribution in [3.8, 4) is 11.5 Å². The quantitative estimate of drug-likeness (QED) is 0.109. The van der Waals surface area contributed by atoms with Crippen LogP contribution in [0.2, 0.25) is 5.15 Å². The van der Waals surface area contributed by atoms with Gasteiger partial charge in [-0.15, -0.1) is 0 Å². The Balaban J connectivity index is 0.000000180. The lowest BCUT2D eigenvalue weighted by atomic mass is 10.2. The Hall–Kier alpha value is -5.31. The number of anilines is 1. The maximum absolute atomic E-state index is 12.4. The highest BCUT2D eigenvalue weighted by Gasteiger charge is 2.31. The minimum absolute atomic E-state index is 0.0612. The molecule has 2 amide bonds. The third-order valence-corrected chi connectivity index (χ3v) is 11.5. The fourth-order valence-corrected chi connectivity index (χ4v) is 7.96. The Morgan fingerprint density at radius 3 is 1.65 bits per heavy atom. The number of hydrogen-bond acceptors (Lipinski definition) is 14. The van der Waals surface area contributed by atoms with E-state index in [1.807, 2.05) is 99.2 Å². The molecule has 6 aromatic rings. The van der Waals surface area contributed by atoms with Gasteiger partial charge in [0, 0.05) is 38.3 Å². The molecule has 2 aliphatic heterocycles. The zero-order valence-electron chi connectivity index (χ0n) is 37.7. The highest BCUT2D eigenvalue weighted by Crippen LogP contribution is 2.28. The lowest BCUT2D eigenvalue weighted by Crippen LogP contribution is -2.36. The number of likely N-dealkylation sites (tertiary alicyclic amines) is 2. The van der Waals surface area contributed by atoms with E-state index < -0.39 is 11.2 Å². The number of rotatable bonds is 8. The first-order valence-corrected chi connectivity index (χ1v) is 22.9. The second-order valence-electron chi connectivity index (χ2n) is 17.4. The fourth-order valence-electron chi connectivity index (χ4n) is 6.85. The van der Waals surface area contributed by atoms with Gasteiger partial charge in [-0.3, -0.25) is 9.13 Å². The van der Waals surface area contributed by atoms with Gasteiger partial charge in [0.15, 0.2) is 37.2 Å². The van der Waals surface area contributed by atoms with Gasteiger partial charge < -0.3 is 39.8 Å². The SMILES string of the molecule is CC(C)(C)OC(=O)N1CCC(N)C1.COc1ccc(Cn2c(Br)nc3c(Cl)ncnc32)cc1.COc1ccc(Cn2c(Br)nc3c(NC4CCN(C(=O)OC(C)(C)C)C4)ncnc32)cc1. The van der Waals surface area contributed by atoms with E-state index in [1.54, 1.807) is 24.0 Å². The van der Waals surface area contributed by atoms with Crippen molar-refractivity contribution in [3.63, 3.8) is 0 Å². The minimum Gasteiger partial charge on any atom is -0.497 e. The number of halogens is 3. The van der Waals surface area contributed by atoms with Crippen LogP contribution in [0.3, 0.4) is 0 Å². The molecule has 6 heterocycles. The summed E-state index contributed by atoms with van der Waals surface area (Å²) < 4.78 is 26.3. The molecule has 21 heteroatoms. The molecule has 4 aromatic heterocycles. The van der Waals surface area contributed by atoms with Gasteiger partial charge in [-0.25, -0.2) is 39.5 Å². The van der Waals surface area contributed by atoms with Crippen molar-refractivity contribution >= 4 is 83.8 Å². The zero-order valence-corrected chi connectivity index (χ0v) is 41.6. The highest BCUT2D eigenvalue weighted by molar-refractivity contribution is 9.10. The summed E-state index contributed by atoms with van der Waals surface area (Å²) in [7, 11) is 3.30. The summed E-state index contributed by atoms with van der Waals surface area (Å²) >= 11 is 13.0. The second-order valence-corrected chi connectivity index (χ2v) is 19.2. The number of carbonyl (C=O) groups is 2. The van der Waals surface area contributed by atoms with E-state index in [-0.39, 0.29) is 24.3 Å². The average Bonchev–Trinajstić information content (AvgIpc) is 4.05. The van der Waals surface area contributed by atoms with Gasteiger partial charge in [0.1, 0.15) is 40.9 Å². The second kappa shape index (κ2) is 21.3. The van der Waals surface area contributed by atoms with Gasteiger partial charge in [-0.05, 0) is 122 Å². The molecule has 348 valence electrons. The Labute approximate surface area is 399 Å². The van der Waals surface area contributed by atoms with E-state index >= 15 is 0 Å². The molecule has 0 bridgehead atoms. The van der Waals surface area contributed by atoms with Crippen LogP contribution in [0.15, 0.2) is 70.7 Å². The van der Waals surface area contributed by atoms with Gasteiger partial charge in [0.25, 0.3) is 0 Å². The molecule has 0 radical (unpaired) electrons. The van der Waals surface area contributed by atoms with Crippen molar-refractivity contribution in [1.29, 1.82) is 0 Å². The maximum atomic E-state index is 12.4. The van der Waals surface area contributed by atoms with Crippen LogP contribution in [0, 0.1) is 0 Å². The number of amides is 2. The lowest BCUT2D eigenvalue weighted by Gasteiger charge is -2.24. The van der Waals surface area contributed by atoms with E-state index in [9.17, 15) is 9.59 Å². The van der Waals surface area contributed by atoms with Gasteiger partial charge in [-0.2, -0.15) is 0 Å². The summed E-state index contributed by atoms with van der Waals surface area (Å²) in [6.07, 6.45) is 4.10. The number of nitrogens with zero attached hydrogens (tertiary/aromatic N) is 10. The Bertz CT molecular complexity index is 2560. The van der Waals surface area contributed by atoms with Crippen molar-refractivity contribution in [2.45, 2.75) is 90.8 Å². The number of nitrogens with two attached hydrogens (primary N) is 1. The first kappa shape index (κ1) is 49.1. The number of fused-ring (bicyclic) bond motifs is 2. The normalized spacial score (nSPS) is 16.1. The molecule has 2 atom stereocenters. The predicted molar refractivity (Wildman–Crippen MR) is 255 cm³/mol. The number of benzene rings is 2. The van der Waals surface area contributed by atoms with Gasteiger partial charge in [0.05, 0.1) is 27.3 Å². The van der Waals surface area contributed by atoms with Gasteiger partial charge in [-0.1, -0.05) is 35.9 Å². The Morgan fingerprint density at radius 2 is 1.17 bits per heavy atom. The van der Waals surface area contributed by atoms with Crippen molar-refractivity contribution in [2.24, 2.45) is 5.73 Å². The van der Waals surface area contributed by atoms with E-state index in [2.05, 4.69) is 67.1 Å². The number of aromatic nitrogens is 8. The van der Waals surface area contributed by atoms with E-state index in [0.717, 1.165) is 47.7 Å². The number of methoxy groups -OCH3 is 2. The number of nitrogens with one attached hydrogen (secondary N) is 1. The van der Waals surface area contributed by atoms with Crippen LogP contribution in [0.1, 0.15) is 65.5 Å². The number of imidazole rings is 2. The van der Waals surface area contributed by atoms with Gasteiger partial charge >= 0.3 is 12.2 Å². The van der Waals surface area contributed by atoms with Crippen molar-refractivity contribution < 1.29 is 28.5 Å². The van der Waals surface area contributed by atoms with Crippen LogP contribution < -0.4 is 20.5 Å². The summed E-state index contributed by atoms with van der Waals surface area (Å²) in [6, 6.07) is 15.9. The molecule has 2 aromatic carbocycles. The molecule has 0 aliphatic carbocycles. The third-order valence-electron chi connectivity index (χ3n) is 9.98. The first-order chi connectivity index (χ1) is 30.8. The smallest absolute Gasteiger partial charge is 0.410 e. The molecular weight excluding hydrogens is 988 g/mol. The molecule has 18 nitrogen and oxygen atoms in total.